The molecule has 0 atom stereocenters. The molecule has 0 aliphatic heterocycles. The summed E-state index contributed by atoms with van der Waals surface area (Å²) in [7, 11) is 0. The molecule has 7 nitrogen and oxygen atoms in total. The van der Waals surface area contributed by atoms with Crippen molar-refractivity contribution in [2.45, 2.75) is 0 Å². The summed E-state index contributed by atoms with van der Waals surface area (Å²) >= 11 is 0. The van der Waals surface area contributed by atoms with Crippen molar-refractivity contribution >= 4 is 17.3 Å². The molecule has 0 unspecified atom stereocenters. The minimum atomic E-state index is -0.611. The van der Waals surface area contributed by atoms with Crippen LogP contribution in [0.5, 0.6) is 17.2 Å². The number of carbonyl (C=O) groups is 2. The molecule has 104 valence electrons. The fourth-order valence-corrected chi connectivity index (χ4v) is 2.27. The number of rotatable bonds is 1. The molecule has 3 rings (SSSR count). The summed E-state index contributed by atoms with van der Waals surface area (Å²) in [4.78, 5) is 35.2. The molecule has 0 aromatic heterocycles. The first-order valence-corrected chi connectivity index (χ1v) is 5.79. The first-order valence-electron chi connectivity index (χ1n) is 5.79. The van der Waals surface area contributed by atoms with Crippen LogP contribution in [0, 0.1) is 4.91 Å². The van der Waals surface area contributed by atoms with Crippen LogP contribution < -0.4 is 0 Å². The van der Waals surface area contributed by atoms with Gasteiger partial charge in [-0.3, -0.25) is 9.59 Å². The molecular formula is C14H7NO6. The number of carbonyl (C=O) groups excluding carboxylic acids is 2. The Morgan fingerprint density at radius 1 is 0.667 bits per heavy atom. The van der Waals surface area contributed by atoms with E-state index in [-0.39, 0.29) is 27.9 Å². The van der Waals surface area contributed by atoms with Gasteiger partial charge in [-0.1, -0.05) is 0 Å². The van der Waals surface area contributed by atoms with E-state index in [0.29, 0.717) is 0 Å². The van der Waals surface area contributed by atoms with Gasteiger partial charge in [0.2, 0.25) is 0 Å². The topological polar surface area (TPSA) is 124 Å². The number of fused-ring (bicyclic) bond motifs is 2. The Balaban J connectivity index is 2.32. The molecule has 0 saturated heterocycles. The minimum absolute atomic E-state index is 0.0889. The van der Waals surface area contributed by atoms with E-state index < -0.39 is 28.8 Å². The molecule has 21 heavy (non-hydrogen) atoms. The van der Waals surface area contributed by atoms with Crippen LogP contribution in [0.15, 0.2) is 29.4 Å². The van der Waals surface area contributed by atoms with Crippen LogP contribution in [0.1, 0.15) is 31.8 Å². The SMILES string of the molecule is O=Nc1cc2c(cc1O)C(=O)c1cc(O)c(O)cc1C2=O. The molecule has 7 heteroatoms. The van der Waals surface area contributed by atoms with E-state index >= 15 is 0 Å². The second kappa shape index (κ2) is 4.14. The largest absolute Gasteiger partial charge is 0.506 e. The number of hydrogen-bond donors (Lipinski definition) is 3. The van der Waals surface area contributed by atoms with Gasteiger partial charge in [0.15, 0.2) is 23.1 Å². The number of nitroso groups, excluding NO2 is 1. The van der Waals surface area contributed by atoms with Crippen LogP contribution in [0.25, 0.3) is 0 Å². The number of nitrogens with zero attached hydrogens (tertiary/aromatic N) is 1. The molecule has 1 aliphatic rings. The zero-order valence-electron chi connectivity index (χ0n) is 10.3. The zero-order valence-corrected chi connectivity index (χ0v) is 10.3. The Labute approximate surface area is 117 Å². The third-order valence-electron chi connectivity index (χ3n) is 3.31. The van der Waals surface area contributed by atoms with E-state index in [9.17, 15) is 29.8 Å². The van der Waals surface area contributed by atoms with Crippen molar-refractivity contribution in [2.75, 3.05) is 0 Å². The average molecular weight is 285 g/mol. The Kier molecular flexibility index (Phi) is 2.52. The highest BCUT2D eigenvalue weighted by Gasteiger charge is 2.32. The monoisotopic (exact) mass is 285 g/mol. The highest BCUT2D eigenvalue weighted by Crippen LogP contribution is 2.38. The second-order valence-corrected chi connectivity index (χ2v) is 4.52. The maximum absolute atomic E-state index is 12.3. The smallest absolute Gasteiger partial charge is 0.194 e. The van der Waals surface area contributed by atoms with Crippen LogP contribution in [0.3, 0.4) is 0 Å². The number of benzene rings is 2. The van der Waals surface area contributed by atoms with E-state index in [1.54, 1.807) is 0 Å². The summed E-state index contributed by atoms with van der Waals surface area (Å²) in [6.07, 6.45) is 0. The van der Waals surface area contributed by atoms with Crippen molar-refractivity contribution in [1.29, 1.82) is 0 Å². The number of phenolic OH excluding ortho intramolecular Hbond substituents is 3. The van der Waals surface area contributed by atoms with E-state index in [1.807, 2.05) is 0 Å². The van der Waals surface area contributed by atoms with Gasteiger partial charge in [-0.05, 0) is 29.4 Å². The van der Waals surface area contributed by atoms with E-state index in [2.05, 4.69) is 5.18 Å². The van der Waals surface area contributed by atoms with Gasteiger partial charge >= 0.3 is 0 Å². The lowest BCUT2D eigenvalue weighted by Gasteiger charge is -2.18. The molecule has 0 bridgehead atoms. The van der Waals surface area contributed by atoms with Crippen molar-refractivity contribution in [3.63, 3.8) is 0 Å². The lowest BCUT2D eigenvalue weighted by molar-refractivity contribution is 0.0978. The zero-order chi connectivity index (χ0) is 15.3. The minimum Gasteiger partial charge on any atom is -0.506 e. The van der Waals surface area contributed by atoms with Crippen molar-refractivity contribution in [3.05, 3.63) is 51.4 Å². The van der Waals surface area contributed by atoms with Crippen LogP contribution in [-0.4, -0.2) is 26.9 Å². The van der Waals surface area contributed by atoms with Crippen LogP contribution >= 0.6 is 0 Å². The normalized spacial score (nSPS) is 12.8. The average Bonchev–Trinajstić information content (AvgIpc) is 2.46. The number of hydrogen-bond acceptors (Lipinski definition) is 7. The van der Waals surface area contributed by atoms with Gasteiger partial charge in [0.05, 0.1) is 0 Å². The van der Waals surface area contributed by atoms with Gasteiger partial charge in [0.25, 0.3) is 0 Å². The Hall–Kier alpha value is -3.22. The first kappa shape index (κ1) is 12.8. The van der Waals surface area contributed by atoms with Gasteiger partial charge in [-0.15, -0.1) is 4.91 Å². The van der Waals surface area contributed by atoms with Crippen molar-refractivity contribution in [3.8, 4) is 17.2 Å². The molecule has 1 aliphatic carbocycles. The van der Waals surface area contributed by atoms with Gasteiger partial charge in [-0.25, -0.2) is 0 Å². The lowest BCUT2D eigenvalue weighted by atomic mass is 9.83. The van der Waals surface area contributed by atoms with E-state index in [0.717, 1.165) is 24.3 Å². The van der Waals surface area contributed by atoms with Crippen molar-refractivity contribution in [1.82, 2.24) is 0 Å². The molecule has 0 radical (unpaired) electrons. The maximum Gasteiger partial charge on any atom is 0.194 e. The fraction of sp³-hybridized carbons (Fsp3) is 0. The molecule has 0 fully saturated rings. The Morgan fingerprint density at radius 3 is 1.48 bits per heavy atom. The molecule has 0 heterocycles. The number of phenols is 3. The summed E-state index contributed by atoms with van der Waals surface area (Å²) < 4.78 is 0. The quantitative estimate of drug-likeness (QED) is 0.464. The van der Waals surface area contributed by atoms with Gasteiger partial charge in [0, 0.05) is 22.3 Å². The molecular weight excluding hydrogens is 278 g/mol. The summed E-state index contributed by atoms with van der Waals surface area (Å²) in [6, 6.07) is 3.97. The molecule has 2 aromatic carbocycles. The van der Waals surface area contributed by atoms with Crippen LogP contribution in [-0.2, 0) is 0 Å². The number of ketones is 2. The summed E-state index contributed by atoms with van der Waals surface area (Å²) in [5.74, 6) is -2.81. The summed E-state index contributed by atoms with van der Waals surface area (Å²) in [5.41, 5.74) is -0.729. The first-order chi connectivity index (χ1) is 9.93. The fourth-order valence-electron chi connectivity index (χ4n) is 2.27. The van der Waals surface area contributed by atoms with E-state index in [1.165, 1.54) is 0 Å². The highest BCUT2D eigenvalue weighted by molar-refractivity contribution is 6.29. The maximum atomic E-state index is 12.3. The molecule has 3 N–H and O–H groups in total. The van der Waals surface area contributed by atoms with E-state index in [4.69, 9.17) is 0 Å². The molecule has 0 saturated carbocycles. The molecule has 0 spiro atoms. The molecule has 0 amide bonds. The Bertz CT molecular complexity index is 840. The van der Waals surface area contributed by atoms with Gasteiger partial charge < -0.3 is 15.3 Å². The third-order valence-corrected chi connectivity index (χ3v) is 3.31. The standard InChI is InChI=1S/C14H7NO6/c16-10-2-6-5(1-9(10)15-21)13(19)7-3-11(17)12(18)4-8(7)14(6)20/h1-4,16-18H. The third kappa shape index (κ3) is 1.68. The van der Waals surface area contributed by atoms with Crippen molar-refractivity contribution < 1.29 is 24.9 Å². The summed E-state index contributed by atoms with van der Waals surface area (Å²) in [5, 5.41) is 31.0. The van der Waals surface area contributed by atoms with Gasteiger partial charge in [-0.2, -0.15) is 0 Å². The predicted octanol–water partition coefficient (Wildman–Crippen LogP) is 1.98. The molecule has 2 aromatic rings. The number of aromatic hydroxyl groups is 3. The highest BCUT2D eigenvalue weighted by atomic mass is 16.3. The van der Waals surface area contributed by atoms with Crippen molar-refractivity contribution in [2.24, 2.45) is 5.18 Å². The van der Waals surface area contributed by atoms with Crippen LogP contribution in [0.4, 0.5) is 5.69 Å². The Morgan fingerprint density at radius 2 is 1.05 bits per heavy atom. The lowest BCUT2D eigenvalue weighted by Crippen LogP contribution is -2.20. The second-order valence-electron chi connectivity index (χ2n) is 4.52. The predicted molar refractivity (Wildman–Crippen MR) is 70.2 cm³/mol. The summed E-state index contributed by atoms with van der Waals surface area (Å²) in [6.45, 7) is 0. The van der Waals surface area contributed by atoms with Crippen LogP contribution in [0.2, 0.25) is 0 Å². The van der Waals surface area contributed by atoms with Gasteiger partial charge in [0.1, 0.15) is 11.4 Å².